The first-order chi connectivity index (χ1) is 6.10. The van der Waals surface area contributed by atoms with Gasteiger partial charge in [0.1, 0.15) is 0 Å². The van der Waals surface area contributed by atoms with Crippen LogP contribution in [0.25, 0.3) is 0 Å². The largest absolute Gasteiger partial charge is 0.395 e. The summed E-state index contributed by atoms with van der Waals surface area (Å²) in [5.41, 5.74) is -0.260. The molecule has 0 spiro atoms. The fourth-order valence-electron chi connectivity index (χ4n) is 1.71. The van der Waals surface area contributed by atoms with E-state index in [9.17, 15) is 4.79 Å². The van der Waals surface area contributed by atoms with Crippen molar-refractivity contribution in [1.82, 2.24) is 10.2 Å². The summed E-state index contributed by atoms with van der Waals surface area (Å²) in [5.74, 6) is 0.131. The summed E-state index contributed by atoms with van der Waals surface area (Å²) in [7, 11) is 1.74. The molecule has 0 radical (unpaired) electrons. The highest BCUT2D eigenvalue weighted by molar-refractivity contribution is 5.82. The maximum Gasteiger partial charge on any atom is 0.229 e. The number of likely N-dealkylation sites (N-methyl/N-ethyl adjacent to an activating group) is 1. The zero-order valence-electron chi connectivity index (χ0n) is 8.34. The van der Waals surface area contributed by atoms with Crippen molar-refractivity contribution in [2.45, 2.75) is 13.3 Å². The second-order valence-electron chi connectivity index (χ2n) is 3.94. The Labute approximate surface area is 78.9 Å². The summed E-state index contributed by atoms with van der Waals surface area (Å²) in [6.45, 7) is 4.10. The molecule has 1 unspecified atom stereocenters. The molecule has 1 rings (SSSR count). The molecule has 4 nitrogen and oxygen atoms in total. The molecule has 1 atom stereocenters. The average molecular weight is 186 g/mol. The van der Waals surface area contributed by atoms with E-state index >= 15 is 0 Å². The number of aliphatic hydroxyl groups excluding tert-OH is 1. The molecular weight excluding hydrogens is 168 g/mol. The standard InChI is InChI=1S/C9H18N2O2/c1-9(3-4-10-7-9)8(13)11(2)5-6-12/h10,12H,3-7H2,1-2H3. The Morgan fingerprint density at radius 3 is 2.85 bits per heavy atom. The van der Waals surface area contributed by atoms with Gasteiger partial charge >= 0.3 is 0 Å². The molecule has 1 aliphatic heterocycles. The first-order valence-electron chi connectivity index (χ1n) is 4.67. The first-order valence-corrected chi connectivity index (χ1v) is 4.67. The topological polar surface area (TPSA) is 52.6 Å². The van der Waals surface area contributed by atoms with Gasteiger partial charge in [-0.15, -0.1) is 0 Å². The van der Waals surface area contributed by atoms with Crippen molar-refractivity contribution in [3.8, 4) is 0 Å². The highest BCUT2D eigenvalue weighted by atomic mass is 16.3. The molecule has 76 valence electrons. The molecular formula is C9H18N2O2. The highest BCUT2D eigenvalue weighted by Crippen LogP contribution is 2.26. The predicted octanol–water partition coefficient (Wildman–Crippen LogP) is -0.563. The van der Waals surface area contributed by atoms with Crippen LogP contribution in [0.3, 0.4) is 0 Å². The van der Waals surface area contributed by atoms with Crippen LogP contribution in [0.2, 0.25) is 0 Å². The van der Waals surface area contributed by atoms with Gasteiger partial charge in [0.25, 0.3) is 0 Å². The van der Waals surface area contributed by atoms with Gasteiger partial charge in [0.15, 0.2) is 0 Å². The van der Waals surface area contributed by atoms with Crippen LogP contribution in [-0.2, 0) is 4.79 Å². The van der Waals surface area contributed by atoms with Crippen LogP contribution in [0.5, 0.6) is 0 Å². The van der Waals surface area contributed by atoms with Gasteiger partial charge in [-0.3, -0.25) is 4.79 Å². The first kappa shape index (κ1) is 10.5. The predicted molar refractivity (Wildman–Crippen MR) is 50.3 cm³/mol. The van der Waals surface area contributed by atoms with Gasteiger partial charge in [-0.1, -0.05) is 0 Å². The SMILES string of the molecule is CN(CCO)C(=O)C1(C)CCNC1. The number of aliphatic hydroxyl groups is 1. The smallest absolute Gasteiger partial charge is 0.229 e. The van der Waals surface area contributed by atoms with Gasteiger partial charge in [0, 0.05) is 20.1 Å². The van der Waals surface area contributed by atoms with Crippen molar-refractivity contribution in [2.24, 2.45) is 5.41 Å². The van der Waals surface area contributed by atoms with Gasteiger partial charge in [-0.05, 0) is 19.9 Å². The lowest BCUT2D eigenvalue weighted by Gasteiger charge is -2.27. The minimum absolute atomic E-state index is 0.0335. The van der Waals surface area contributed by atoms with Crippen LogP contribution in [-0.4, -0.2) is 49.2 Å². The van der Waals surface area contributed by atoms with E-state index < -0.39 is 0 Å². The van der Waals surface area contributed by atoms with Gasteiger partial charge in [0.2, 0.25) is 5.91 Å². The zero-order chi connectivity index (χ0) is 9.90. The second kappa shape index (κ2) is 4.07. The monoisotopic (exact) mass is 186 g/mol. The highest BCUT2D eigenvalue weighted by Gasteiger charge is 2.37. The molecule has 13 heavy (non-hydrogen) atoms. The number of carbonyl (C=O) groups excluding carboxylic acids is 1. The molecule has 1 fully saturated rings. The van der Waals surface area contributed by atoms with Crippen LogP contribution in [0.1, 0.15) is 13.3 Å². The van der Waals surface area contributed by atoms with E-state index in [0.29, 0.717) is 6.54 Å². The van der Waals surface area contributed by atoms with Crippen LogP contribution in [0, 0.1) is 5.41 Å². The Bertz CT molecular complexity index is 188. The fraction of sp³-hybridized carbons (Fsp3) is 0.889. The average Bonchev–Trinajstić information content (AvgIpc) is 2.52. The van der Waals surface area contributed by atoms with E-state index in [1.807, 2.05) is 6.92 Å². The second-order valence-corrected chi connectivity index (χ2v) is 3.94. The van der Waals surface area contributed by atoms with Crippen LogP contribution >= 0.6 is 0 Å². The third-order valence-electron chi connectivity index (χ3n) is 2.67. The molecule has 4 heteroatoms. The minimum atomic E-state index is -0.260. The Morgan fingerprint density at radius 1 is 1.69 bits per heavy atom. The van der Waals surface area contributed by atoms with Crippen molar-refractivity contribution in [3.05, 3.63) is 0 Å². The summed E-state index contributed by atoms with van der Waals surface area (Å²) in [6.07, 6.45) is 0.890. The minimum Gasteiger partial charge on any atom is -0.395 e. The summed E-state index contributed by atoms with van der Waals surface area (Å²) in [4.78, 5) is 13.4. The zero-order valence-corrected chi connectivity index (χ0v) is 8.34. The molecule has 1 aliphatic rings. The van der Waals surface area contributed by atoms with Crippen LogP contribution < -0.4 is 5.32 Å². The number of hydrogen-bond donors (Lipinski definition) is 2. The maximum atomic E-state index is 11.8. The Morgan fingerprint density at radius 2 is 2.38 bits per heavy atom. The molecule has 0 aliphatic carbocycles. The van der Waals surface area contributed by atoms with E-state index in [0.717, 1.165) is 19.5 Å². The number of nitrogens with one attached hydrogen (secondary N) is 1. The van der Waals surface area contributed by atoms with Gasteiger partial charge in [0.05, 0.1) is 12.0 Å². The molecule has 0 saturated carbocycles. The van der Waals surface area contributed by atoms with E-state index in [1.54, 1.807) is 11.9 Å². The van der Waals surface area contributed by atoms with Crippen molar-refractivity contribution < 1.29 is 9.90 Å². The van der Waals surface area contributed by atoms with E-state index in [4.69, 9.17) is 5.11 Å². The third-order valence-corrected chi connectivity index (χ3v) is 2.67. The van der Waals surface area contributed by atoms with Crippen molar-refractivity contribution in [1.29, 1.82) is 0 Å². The molecule has 0 aromatic carbocycles. The Hall–Kier alpha value is -0.610. The van der Waals surface area contributed by atoms with E-state index in [1.165, 1.54) is 0 Å². The quantitative estimate of drug-likeness (QED) is 0.621. The molecule has 0 aromatic heterocycles. The molecule has 1 amide bonds. The summed E-state index contributed by atoms with van der Waals surface area (Å²) in [5, 5.41) is 11.9. The Balaban J connectivity index is 2.54. The van der Waals surface area contributed by atoms with Crippen LogP contribution in [0.15, 0.2) is 0 Å². The summed E-state index contributed by atoms with van der Waals surface area (Å²) in [6, 6.07) is 0. The van der Waals surface area contributed by atoms with E-state index in [2.05, 4.69) is 5.32 Å². The van der Waals surface area contributed by atoms with Crippen LogP contribution in [0.4, 0.5) is 0 Å². The molecule has 1 heterocycles. The number of amides is 1. The normalized spacial score (nSPS) is 27.6. The van der Waals surface area contributed by atoms with Gasteiger partial charge in [-0.2, -0.15) is 0 Å². The number of hydrogen-bond acceptors (Lipinski definition) is 3. The lowest BCUT2D eigenvalue weighted by Crippen LogP contribution is -2.42. The number of nitrogens with zero attached hydrogens (tertiary/aromatic N) is 1. The number of rotatable bonds is 3. The third kappa shape index (κ3) is 2.19. The Kier molecular flexibility index (Phi) is 3.27. The van der Waals surface area contributed by atoms with E-state index in [-0.39, 0.29) is 17.9 Å². The number of carbonyl (C=O) groups is 1. The fourth-order valence-corrected chi connectivity index (χ4v) is 1.71. The van der Waals surface area contributed by atoms with Gasteiger partial charge < -0.3 is 15.3 Å². The van der Waals surface area contributed by atoms with Crippen molar-refractivity contribution in [2.75, 3.05) is 33.3 Å². The van der Waals surface area contributed by atoms with Crippen molar-refractivity contribution in [3.63, 3.8) is 0 Å². The lowest BCUT2D eigenvalue weighted by atomic mass is 9.88. The van der Waals surface area contributed by atoms with Gasteiger partial charge in [-0.25, -0.2) is 0 Å². The molecule has 0 aromatic rings. The lowest BCUT2D eigenvalue weighted by molar-refractivity contribution is -0.139. The maximum absolute atomic E-state index is 11.8. The summed E-state index contributed by atoms with van der Waals surface area (Å²) >= 11 is 0. The van der Waals surface area contributed by atoms with Crippen molar-refractivity contribution >= 4 is 5.91 Å². The molecule has 0 bridgehead atoms. The summed E-state index contributed by atoms with van der Waals surface area (Å²) < 4.78 is 0. The molecule has 1 saturated heterocycles. The molecule has 2 N–H and O–H groups in total.